The van der Waals surface area contributed by atoms with Crippen molar-refractivity contribution in [3.05, 3.63) is 40.8 Å². The van der Waals surface area contributed by atoms with Crippen LogP contribution in [0.3, 0.4) is 0 Å². The minimum absolute atomic E-state index is 0.119. The molecule has 0 saturated carbocycles. The molecular formula is C15H17Cl2N6O+. The predicted octanol–water partition coefficient (Wildman–Crippen LogP) is 0.522. The van der Waals surface area contributed by atoms with Gasteiger partial charge in [-0.1, -0.05) is 23.2 Å². The van der Waals surface area contributed by atoms with Gasteiger partial charge in [-0.25, -0.2) is 15.0 Å². The SMILES string of the molecule is O=C(C[NH+]1CCN(c2ncccn2)CC1)Nc1ncc(Cl)cc1Cl. The molecule has 1 saturated heterocycles. The van der Waals surface area contributed by atoms with Gasteiger partial charge >= 0.3 is 0 Å². The van der Waals surface area contributed by atoms with Crippen molar-refractivity contribution in [1.29, 1.82) is 0 Å². The smallest absolute Gasteiger partial charge is 0.280 e. The third-order valence-electron chi connectivity index (χ3n) is 3.78. The summed E-state index contributed by atoms with van der Waals surface area (Å²) >= 11 is 11.8. The van der Waals surface area contributed by atoms with Gasteiger partial charge in [0.15, 0.2) is 12.4 Å². The quantitative estimate of drug-likeness (QED) is 0.823. The first-order chi connectivity index (χ1) is 11.6. The second-order valence-electron chi connectivity index (χ2n) is 5.49. The monoisotopic (exact) mass is 367 g/mol. The Morgan fingerprint density at radius 3 is 2.58 bits per heavy atom. The molecule has 0 spiro atoms. The third kappa shape index (κ3) is 4.31. The van der Waals surface area contributed by atoms with E-state index in [1.54, 1.807) is 24.5 Å². The number of carbonyl (C=O) groups is 1. The van der Waals surface area contributed by atoms with Crippen LogP contribution in [0, 0.1) is 0 Å². The molecule has 24 heavy (non-hydrogen) atoms. The minimum Gasteiger partial charge on any atom is -0.330 e. The summed E-state index contributed by atoms with van der Waals surface area (Å²) in [6, 6.07) is 3.35. The Hall–Kier alpha value is -1.96. The van der Waals surface area contributed by atoms with Crippen molar-refractivity contribution in [3.8, 4) is 0 Å². The maximum Gasteiger partial charge on any atom is 0.280 e. The van der Waals surface area contributed by atoms with Gasteiger partial charge in [-0.2, -0.15) is 0 Å². The third-order valence-corrected chi connectivity index (χ3v) is 4.28. The Morgan fingerprint density at radius 2 is 1.92 bits per heavy atom. The minimum atomic E-state index is -0.119. The van der Waals surface area contributed by atoms with Crippen LogP contribution < -0.4 is 15.1 Å². The maximum absolute atomic E-state index is 12.2. The molecule has 2 aromatic rings. The zero-order valence-electron chi connectivity index (χ0n) is 12.9. The summed E-state index contributed by atoms with van der Waals surface area (Å²) in [4.78, 5) is 28.0. The van der Waals surface area contributed by atoms with Gasteiger partial charge in [0.2, 0.25) is 5.95 Å². The molecule has 1 aliphatic rings. The number of pyridine rings is 1. The van der Waals surface area contributed by atoms with Gasteiger partial charge in [0.05, 0.1) is 36.2 Å². The lowest BCUT2D eigenvalue weighted by Gasteiger charge is -2.31. The van der Waals surface area contributed by atoms with Crippen LogP contribution in [0.2, 0.25) is 10.0 Å². The molecule has 0 unspecified atom stereocenters. The first kappa shape index (κ1) is 16.9. The fraction of sp³-hybridized carbons (Fsp3) is 0.333. The Morgan fingerprint density at radius 1 is 1.21 bits per heavy atom. The number of anilines is 2. The highest BCUT2D eigenvalue weighted by Crippen LogP contribution is 2.22. The summed E-state index contributed by atoms with van der Waals surface area (Å²) in [6.07, 6.45) is 4.92. The van der Waals surface area contributed by atoms with E-state index in [1.807, 2.05) is 0 Å². The van der Waals surface area contributed by atoms with Crippen molar-refractivity contribution in [2.75, 3.05) is 42.9 Å². The molecule has 0 aliphatic carbocycles. The molecule has 1 amide bonds. The molecule has 0 bridgehead atoms. The lowest BCUT2D eigenvalue weighted by molar-refractivity contribution is -0.892. The number of hydrogen-bond acceptors (Lipinski definition) is 5. The topological polar surface area (TPSA) is 75.5 Å². The molecular weight excluding hydrogens is 351 g/mol. The molecule has 2 aromatic heterocycles. The summed E-state index contributed by atoms with van der Waals surface area (Å²) in [6.45, 7) is 3.67. The van der Waals surface area contributed by atoms with Gasteiger partial charge in [0, 0.05) is 18.6 Å². The second-order valence-corrected chi connectivity index (χ2v) is 6.34. The number of carbonyl (C=O) groups excluding carboxylic acids is 1. The number of aromatic nitrogens is 3. The lowest BCUT2D eigenvalue weighted by atomic mass is 10.3. The van der Waals surface area contributed by atoms with Gasteiger partial charge in [0.1, 0.15) is 0 Å². The molecule has 1 fully saturated rings. The molecule has 126 valence electrons. The highest BCUT2D eigenvalue weighted by Gasteiger charge is 2.23. The summed E-state index contributed by atoms with van der Waals surface area (Å²) in [5.74, 6) is 0.950. The van der Waals surface area contributed by atoms with Crippen molar-refractivity contribution in [1.82, 2.24) is 15.0 Å². The van der Waals surface area contributed by atoms with E-state index in [0.717, 1.165) is 32.1 Å². The Kier molecular flexibility index (Phi) is 5.44. The summed E-state index contributed by atoms with van der Waals surface area (Å²) < 4.78 is 0. The van der Waals surface area contributed by atoms with Gasteiger partial charge in [-0.15, -0.1) is 0 Å². The molecule has 1 aliphatic heterocycles. The highest BCUT2D eigenvalue weighted by molar-refractivity contribution is 6.36. The fourth-order valence-electron chi connectivity index (χ4n) is 2.56. The van der Waals surface area contributed by atoms with E-state index in [9.17, 15) is 4.79 Å². The van der Waals surface area contributed by atoms with E-state index in [2.05, 4.69) is 25.2 Å². The number of nitrogens with one attached hydrogen (secondary N) is 2. The van der Waals surface area contributed by atoms with Gasteiger partial charge in [-0.05, 0) is 12.1 Å². The fourth-order valence-corrected chi connectivity index (χ4v) is 2.99. The highest BCUT2D eigenvalue weighted by atomic mass is 35.5. The van der Waals surface area contributed by atoms with E-state index in [1.165, 1.54) is 11.1 Å². The number of piperazine rings is 1. The molecule has 7 nitrogen and oxygen atoms in total. The first-order valence-electron chi connectivity index (χ1n) is 7.58. The molecule has 2 N–H and O–H groups in total. The van der Waals surface area contributed by atoms with Crippen molar-refractivity contribution in [3.63, 3.8) is 0 Å². The summed E-state index contributed by atoms with van der Waals surface area (Å²) in [5.41, 5.74) is 0. The largest absolute Gasteiger partial charge is 0.330 e. The number of halogens is 2. The normalized spacial score (nSPS) is 15.3. The zero-order valence-corrected chi connectivity index (χ0v) is 14.4. The standard InChI is InChI=1S/C15H16Cl2N6O/c16-11-8-12(17)14(20-9-11)21-13(24)10-22-4-6-23(7-5-22)15-18-2-1-3-19-15/h1-3,8-9H,4-7,10H2,(H,20,21,24)/p+1. The predicted molar refractivity (Wildman–Crippen MR) is 92.7 cm³/mol. The van der Waals surface area contributed by atoms with Gasteiger partial charge in [0.25, 0.3) is 5.91 Å². The zero-order chi connectivity index (χ0) is 16.9. The van der Waals surface area contributed by atoms with Crippen molar-refractivity contribution < 1.29 is 9.69 Å². The number of amides is 1. The van der Waals surface area contributed by atoms with Crippen molar-refractivity contribution in [2.24, 2.45) is 0 Å². The average molecular weight is 368 g/mol. The van der Waals surface area contributed by atoms with Crippen LogP contribution in [0.1, 0.15) is 0 Å². The van der Waals surface area contributed by atoms with Crippen molar-refractivity contribution in [2.45, 2.75) is 0 Å². The van der Waals surface area contributed by atoms with E-state index in [0.29, 0.717) is 22.4 Å². The van der Waals surface area contributed by atoms with Crippen LogP contribution in [0.4, 0.5) is 11.8 Å². The summed E-state index contributed by atoms with van der Waals surface area (Å²) in [5, 5.41) is 3.49. The van der Waals surface area contributed by atoms with Crippen LogP contribution in [0.25, 0.3) is 0 Å². The number of rotatable bonds is 4. The maximum atomic E-state index is 12.2. The second kappa shape index (κ2) is 7.74. The van der Waals surface area contributed by atoms with Crippen LogP contribution in [0.5, 0.6) is 0 Å². The van der Waals surface area contributed by atoms with Gasteiger partial charge in [-0.3, -0.25) is 4.79 Å². The van der Waals surface area contributed by atoms with E-state index in [4.69, 9.17) is 23.2 Å². The lowest BCUT2D eigenvalue weighted by Crippen LogP contribution is -3.15. The number of quaternary nitrogens is 1. The Bertz CT molecular complexity index is 706. The van der Waals surface area contributed by atoms with Crippen molar-refractivity contribution >= 4 is 40.9 Å². The van der Waals surface area contributed by atoms with Crippen LogP contribution in [0.15, 0.2) is 30.7 Å². The van der Waals surface area contributed by atoms with E-state index >= 15 is 0 Å². The van der Waals surface area contributed by atoms with Crippen LogP contribution >= 0.6 is 23.2 Å². The van der Waals surface area contributed by atoms with Gasteiger partial charge < -0.3 is 15.1 Å². The first-order valence-corrected chi connectivity index (χ1v) is 8.34. The molecule has 9 heteroatoms. The molecule has 3 rings (SSSR count). The van der Waals surface area contributed by atoms with Crippen LogP contribution in [-0.4, -0.2) is 53.6 Å². The molecule has 0 radical (unpaired) electrons. The number of hydrogen-bond donors (Lipinski definition) is 2. The number of nitrogens with zero attached hydrogens (tertiary/aromatic N) is 4. The van der Waals surface area contributed by atoms with E-state index < -0.39 is 0 Å². The Balaban J connectivity index is 1.50. The molecule has 0 atom stereocenters. The summed E-state index contributed by atoms with van der Waals surface area (Å²) in [7, 11) is 0. The Labute approximate surface area is 149 Å². The molecule has 0 aromatic carbocycles. The average Bonchev–Trinajstić information content (AvgIpc) is 2.59. The molecule has 3 heterocycles. The van der Waals surface area contributed by atoms with Crippen LogP contribution in [-0.2, 0) is 4.79 Å². The van der Waals surface area contributed by atoms with E-state index in [-0.39, 0.29) is 5.91 Å².